The number of nitrogens with one attached hydrogen (secondary N) is 1. The van der Waals surface area contributed by atoms with Crippen LogP contribution in [0.1, 0.15) is 5.56 Å². The third-order valence-corrected chi connectivity index (χ3v) is 7.51. The second-order valence-electron chi connectivity index (χ2n) is 7.41. The summed E-state index contributed by atoms with van der Waals surface area (Å²) in [5, 5.41) is 18.7. The summed E-state index contributed by atoms with van der Waals surface area (Å²) in [6.07, 6.45) is 0. The molecule has 0 spiro atoms. The number of aromatic hydroxyl groups is 1. The molecule has 3 aromatic carbocycles. The van der Waals surface area contributed by atoms with Crippen LogP contribution in [0.5, 0.6) is 5.88 Å². The Morgan fingerprint density at radius 3 is 2.44 bits per heavy atom. The summed E-state index contributed by atoms with van der Waals surface area (Å²) in [5.41, 5.74) is 1.82. The molecule has 0 unspecified atom stereocenters. The Kier molecular flexibility index (Phi) is 6.74. The van der Waals surface area contributed by atoms with Gasteiger partial charge in [0.05, 0.1) is 16.1 Å². The van der Waals surface area contributed by atoms with Crippen molar-refractivity contribution in [3.63, 3.8) is 0 Å². The number of halogens is 2. The van der Waals surface area contributed by atoms with E-state index in [-0.39, 0.29) is 22.2 Å². The van der Waals surface area contributed by atoms with Crippen LogP contribution >= 0.6 is 27.5 Å². The predicted octanol–water partition coefficient (Wildman–Crippen LogP) is 6.10. The Morgan fingerprint density at radius 2 is 1.76 bits per heavy atom. The van der Waals surface area contributed by atoms with E-state index in [9.17, 15) is 18.3 Å². The lowest BCUT2D eigenvalue weighted by Gasteiger charge is -2.23. The van der Waals surface area contributed by atoms with E-state index in [4.69, 9.17) is 11.6 Å². The molecule has 0 aliphatic rings. The maximum atomic E-state index is 13.4. The first kappa shape index (κ1) is 23.9. The normalized spacial score (nSPS) is 11.9. The molecule has 0 aliphatic carbocycles. The van der Waals surface area contributed by atoms with Crippen molar-refractivity contribution in [1.82, 2.24) is 4.98 Å². The molecule has 1 amide bonds. The highest BCUT2D eigenvalue weighted by molar-refractivity contribution is 9.10. The molecule has 11 heteroatoms. The van der Waals surface area contributed by atoms with Gasteiger partial charge in [-0.1, -0.05) is 45.2 Å². The number of nitrogens with zero attached hydrogens (tertiary/aromatic N) is 3. The molecular formula is C23H18BrClN4O4S. The molecule has 4 rings (SSSR count). The minimum atomic E-state index is -4.09. The summed E-state index contributed by atoms with van der Waals surface area (Å²) in [6, 6.07) is 17.6. The second kappa shape index (κ2) is 9.57. The van der Waals surface area contributed by atoms with E-state index >= 15 is 0 Å². The van der Waals surface area contributed by atoms with Gasteiger partial charge in [-0.2, -0.15) is 0 Å². The smallest absolute Gasteiger partial charge is 0.285 e. The standard InChI is InChI=1S/C23H18BrClN4O4S/c1-14-2-9-18(10-3-14)34(32,33)29(17-7-5-16(25)6-8-17)13-21(30)27-28-22-19-12-15(24)4-11-20(19)26-23(22)31/h2-12,26,31H,13H2,1H3. The van der Waals surface area contributed by atoms with Gasteiger partial charge in [-0.25, -0.2) is 8.42 Å². The number of amides is 1. The zero-order valence-electron chi connectivity index (χ0n) is 17.7. The lowest BCUT2D eigenvalue weighted by Crippen LogP contribution is -2.35. The number of hydrogen-bond acceptors (Lipinski definition) is 5. The van der Waals surface area contributed by atoms with Crippen LogP contribution in [0.3, 0.4) is 0 Å². The van der Waals surface area contributed by atoms with Crippen molar-refractivity contribution in [2.75, 3.05) is 10.8 Å². The van der Waals surface area contributed by atoms with Crippen LogP contribution in [0, 0.1) is 6.92 Å². The number of aromatic amines is 1. The number of fused-ring (bicyclic) bond motifs is 1. The van der Waals surface area contributed by atoms with Crippen LogP contribution in [0.15, 0.2) is 86.3 Å². The van der Waals surface area contributed by atoms with Gasteiger partial charge in [-0.15, -0.1) is 10.2 Å². The highest BCUT2D eigenvalue weighted by atomic mass is 79.9. The number of carbonyl (C=O) groups is 1. The number of azo groups is 1. The van der Waals surface area contributed by atoms with Gasteiger partial charge in [0, 0.05) is 14.9 Å². The van der Waals surface area contributed by atoms with Crippen molar-refractivity contribution < 1.29 is 18.3 Å². The molecule has 0 saturated carbocycles. The molecule has 8 nitrogen and oxygen atoms in total. The van der Waals surface area contributed by atoms with Gasteiger partial charge in [-0.3, -0.25) is 9.10 Å². The van der Waals surface area contributed by atoms with Crippen LogP contribution in [0.2, 0.25) is 5.02 Å². The Bertz CT molecular complexity index is 1500. The molecule has 174 valence electrons. The number of aryl methyl sites for hydroxylation is 1. The first-order valence-electron chi connectivity index (χ1n) is 9.95. The van der Waals surface area contributed by atoms with E-state index in [0.29, 0.717) is 15.9 Å². The van der Waals surface area contributed by atoms with E-state index in [1.54, 1.807) is 30.3 Å². The molecule has 0 fully saturated rings. The highest BCUT2D eigenvalue weighted by Crippen LogP contribution is 2.37. The van der Waals surface area contributed by atoms with Crippen LogP contribution in [0.4, 0.5) is 11.4 Å². The number of rotatable bonds is 6. The van der Waals surface area contributed by atoms with E-state index < -0.39 is 22.5 Å². The van der Waals surface area contributed by atoms with Crippen molar-refractivity contribution in [3.05, 3.63) is 81.8 Å². The zero-order chi connectivity index (χ0) is 24.5. The third kappa shape index (κ3) is 4.98. The van der Waals surface area contributed by atoms with E-state index in [0.717, 1.165) is 14.3 Å². The molecule has 2 N–H and O–H groups in total. The van der Waals surface area contributed by atoms with Gasteiger partial charge in [-0.05, 0) is 61.5 Å². The Hall–Kier alpha value is -3.21. The molecule has 4 aromatic rings. The predicted molar refractivity (Wildman–Crippen MR) is 134 cm³/mol. The van der Waals surface area contributed by atoms with Crippen LogP contribution in [-0.2, 0) is 14.8 Å². The largest absolute Gasteiger partial charge is 0.493 e. The average Bonchev–Trinajstić information content (AvgIpc) is 3.11. The highest BCUT2D eigenvalue weighted by Gasteiger charge is 2.27. The first-order valence-corrected chi connectivity index (χ1v) is 12.6. The lowest BCUT2D eigenvalue weighted by molar-refractivity contribution is -0.116. The lowest BCUT2D eigenvalue weighted by atomic mass is 10.2. The molecule has 0 atom stereocenters. The second-order valence-corrected chi connectivity index (χ2v) is 10.6. The van der Waals surface area contributed by atoms with Gasteiger partial charge in [0.2, 0.25) is 5.88 Å². The summed E-state index contributed by atoms with van der Waals surface area (Å²) in [4.78, 5) is 15.5. The minimum absolute atomic E-state index is 0.0249. The van der Waals surface area contributed by atoms with Gasteiger partial charge >= 0.3 is 0 Å². The van der Waals surface area contributed by atoms with Gasteiger partial charge in [0.15, 0.2) is 5.69 Å². The molecule has 34 heavy (non-hydrogen) atoms. The number of hydrogen-bond donors (Lipinski definition) is 2. The number of aromatic nitrogens is 1. The Balaban J connectivity index is 1.67. The number of carbonyl (C=O) groups excluding carboxylic acids is 1. The Morgan fingerprint density at radius 1 is 1.09 bits per heavy atom. The van der Waals surface area contributed by atoms with E-state index in [1.807, 2.05) is 6.92 Å². The fourth-order valence-corrected chi connectivity index (χ4v) is 5.16. The first-order chi connectivity index (χ1) is 16.1. The summed E-state index contributed by atoms with van der Waals surface area (Å²) in [5.74, 6) is -1.08. The maximum Gasteiger partial charge on any atom is 0.285 e. The van der Waals surface area contributed by atoms with Gasteiger partial charge in [0.1, 0.15) is 6.54 Å². The number of benzene rings is 3. The van der Waals surface area contributed by atoms with Crippen LogP contribution < -0.4 is 4.31 Å². The molecule has 0 aliphatic heterocycles. The summed E-state index contributed by atoms with van der Waals surface area (Å²) in [6.45, 7) is 1.24. The van der Waals surface area contributed by atoms with Crippen molar-refractivity contribution in [3.8, 4) is 5.88 Å². The summed E-state index contributed by atoms with van der Waals surface area (Å²) in [7, 11) is -4.09. The van der Waals surface area contributed by atoms with Gasteiger partial charge in [0.25, 0.3) is 15.9 Å². The molecule has 0 radical (unpaired) electrons. The number of H-pyrrole nitrogens is 1. The molecule has 0 bridgehead atoms. The molecular weight excluding hydrogens is 544 g/mol. The van der Waals surface area contributed by atoms with Crippen LogP contribution in [-0.4, -0.2) is 31.0 Å². The molecule has 1 aromatic heterocycles. The fourth-order valence-electron chi connectivity index (χ4n) is 3.26. The van der Waals surface area contributed by atoms with Gasteiger partial charge < -0.3 is 10.1 Å². The topological polar surface area (TPSA) is 115 Å². The summed E-state index contributed by atoms with van der Waals surface area (Å²) >= 11 is 9.30. The van der Waals surface area contributed by atoms with Crippen LogP contribution in [0.25, 0.3) is 10.9 Å². The quantitative estimate of drug-likeness (QED) is 0.277. The molecule has 1 heterocycles. The fraction of sp³-hybridized carbons (Fsp3) is 0.0870. The SMILES string of the molecule is Cc1ccc(S(=O)(=O)N(CC(=O)N=Nc2c(O)[nH]c3ccc(Br)cc23)c2ccc(Cl)cc2)cc1. The molecule has 0 saturated heterocycles. The zero-order valence-corrected chi connectivity index (χ0v) is 20.9. The van der Waals surface area contributed by atoms with Crippen molar-refractivity contribution in [2.24, 2.45) is 10.2 Å². The average molecular weight is 562 g/mol. The minimum Gasteiger partial charge on any atom is -0.493 e. The van der Waals surface area contributed by atoms with E-state index in [1.165, 1.54) is 36.4 Å². The van der Waals surface area contributed by atoms with Crippen molar-refractivity contribution >= 4 is 65.7 Å². The van der Waals surface area contributed by atoms with E-state index in [2.05, 4.69) is 31.1 Å². The maximum absolute atomic E-state index is 13.4. The number of anilines is 1. The van der Waals surface area contributed by atoms with Crippen molar-refractivity contribution in [1.29, 1.82) is 0 Å². The monoisotopic (exact) mass is 560 g/mol. The Labute approximate surface area is 209 Å². The number of sulfonamides is 1. The third-order valence-electron chi connectivity index (χ3n) is 4.98. The summed E-state index contributed by atoms with van der Waals surface area (Å²) < 4.78 is 28.5. The van der Waals surface area contributed by atoms with Crippen molar-refractivity contribution in [2.45, 2.75) is 11.8 Å².